The van der Waals surface area contributed by atoms with Gasteiger partial charge < -0.3 is 9.15 Å². The van der Waals surface area contributed by atoms with Gasteiger partial charge in [-0.15, -0.1) is 0 Å². The molecule has 3 heteroatoms. The Balaban J connectivity index is 2.84. The molecule has 0 atom stereocenters. The molecule has 0 bridgehead atoms. The first-order valence-electron chi connectivity index (χ1n) is 2.11. The molecule has 0 saturated carbocycles. The van der Waals surface area contributed by atoms with E-state index in [9.17, 15) is 4.39 Å². The summed E-state index contributed by atoms with van der Waals surface area (Å²) >= 11 is 0. The standard InChI is InChI=1S/C5H5FO2/c1-7-5-2-4(6)3-8-5/h2-3H,1H3. The van der Waals surface area contributed by atoms with Gasteiger partial charge in [-0.25, -0.2) is 4.39 Å². The number of methoxy groups -OCH3 is 1. The van der Waals surface area contributed by atoms with Crippen LogP contribution in [0.5, 0.6) is 5.95 Å². The molecule has 0 fully saturated rings. The highest BCUT2D eigenvalue weighted by atomic mass is 19.1. The second-order valence-electron chi connectivity index (χ2n) is 1.29. The van der Waals surface area contributed by atoms with Gasteiger partial charge >= 0.3 is 0 Å². The Morgan fingerprint density at radius 1 is 1.75 bits per heavy atom. The molecule has 0 N–H and O–H groups in total. The number of furan rings is 1. The molecule has 0 saturated heterocycles. The first-order valence-corrected chi connectivity index (χ1v) is 2.11. The third-order valence-corrected chi connectivity index (χ3v) is 0.745. The summed E-state index contributed by atoms with van der Waals surface area (Å²) in [6, 6.07) is 1.17. The minimum atomic E-state index is -0.415. The van der Waals surface area contributed by atoms with Crippen LogP contribution in [0.15, 0.2) is 16.7 Å². The van der Waals surface area contributed by atoms with Crippen LogP contribution in [0, 0.1) is 5.82 Å². The number of ether oxygens (including phenoxy) is 1. The molecule has 1 rings (SSSR count). The van der Waals surface area contributed by atoms with Gasteiger partial charge in [-0.1, -0.05) is 0 Å². The van der Waals surface area contributed by atoms with Gasteiger partial charge in [0, 0.05) is 0 Å². The highest BCUT2D eigenvalue weighted by molar-refractivity contribution is 5.05. The Morgan fingerprint density at radius 2 is 2.50 bits per heavy atom. The predicted octanol–water partition coefficient (Wildman–Crippen LogP) is 1.43. The van der Waals surface area contributed by atoms with Crippen molar-refractivity contribution >= 4 is 0 Å². The molecule has 8 heavy (non-hydrogen) atoms. The van der Waals surface area contributed by atoms with Crippen LogP contribution in [-0.2, 0) is 0 Å². The van der Waals surface area contributed by atoms with Crippen LogP contribution in [0.25, 0.3) is 0 Å². The molecular weight excluding hydrogens is 111 g/mol. The quantitative estimate of drug-likeness (QED) is 0.553. The van der Waals surface area contributed by atoms with Crippen molar-refractivity contribution in [1.82, 2.24) is 0 Å². The van der Waals surface area contributed by atoms with Gasteiger partial charge in [0.1, 0.15) is 6.26 Å². The maximum atomic E-state index is 11.9. The van der Waals surface area contributed by atoms with E-state index in [0.29, 0.717) is 0 Å². The number of halogens is 1. The molecule has 44 valence electrons. The number of rotatable bonds is 1. The lowest BCUT2D eigenvalue weighted by Crippen LogP contribution is -1.75. The van der Waals surface area contributed by atoms with E-state index < -0.39 is 5.82 Å². The summed E-state index contributed by atoms with van der Waals surface area (Å²) in [5, 5.41) is 0. The average molecular weight is 116 g/mol. The van der Waals surface area contributed by atoms with E-state index in [1.165, 1.54) is 13.2 Å². The summed E-state index contributed by atoms with van der Waals surface area (Å²) in [4.78, 5) is 0. The van der Waals surface area contributed by atoms with E-state index in [0.717, 1.165) is 6.26 Å². The van der Waals surface area contributed by atoms with Crippen LogP contribution < -0.4 is 4.74 Å². The Bertz CT molecular complexity index is 171. The fraction of sp³-hybridized carbons (Fsp3) is 0.200. The molecule has 2 nitrogen and oxygen atoms in total. The lowest BCUT2D eigenvalue weighted by molar-refractivity contribution is 0.304. The zero-order valence-corrected chi connectivity index (χ0v) is 4.35. The maximum absolute atomic E-state index is 11.9. The molecular formula is C5H5FO2. The maximum Gasteiger partial charge on any atom is 0.287 e. The van der Waals surface area contributed by atoms with Crippen molar-refractivity contribution < 1.29 is 13.5 Å². The summed E-state index contributed by atoms with van der Waals surface area (Å²) < 4.78 is 21.0. The SMILES string of the molecule is COc1cc(F)co1. The minimum absolute atomic E-state index is 0.197. The smallest absolute Gasteiger partial charge is 0.287 e. The van der Waals surface area contributed by atoms with Crippen LogP contribution >= 0.6 is 0 Å². The van der Waals surface area contributed by atoms with Crippen molar-refractivity contribution in [2.24, 2.45) is 0 Å². The van der Waals surface area contributed by atoms with E-state index in [4.69, 9.17) is 0 Å². The topological polar surface area (TPSA) is 22.4 Å². The van der Waals surface area contributed by atoms with Crippen molar-refractivity contribution in [2.45, 2.75) is 0 Å². The van der Waals surface area contributed by atoms with E-state index in [-0.39, 0.29) is 5.95 Å². The van der Waals surface area contributed by atoms with Crippen molar-refractivity contribution in [3.63, 3.8) is 0 Å². The highest BCUT2D eigenvalue weighted by Gasteiger charge is 1.96. The lowest BCUT2D eigenvalue weighted by Gasteiger charge is -1.85. The largest absolute Gasteiger partial charge is 0.468 e. The van der Waals surface area contributed by atoms with Crippen LogP contribution in [0.3, 0.4) is 0 Å². The van der Waals surface area contributed by atoms with Crippen molar-refractivity contribution in [3.05, 3.63) is 18.1 Å². The van der Waals surface area contributed by atoms with E-state index in [1.807, 2.05) is 0 Å². The predicted molar refractivity (Wildman–Crippen MR) is 25.2 cm³/mol. The molecule has 0 radical (unpaired) electrons. The third-order valence-electron chi connectivity index (χ3n) is 0.745. The highest BCUT2D eigenvalue weighted by Crippen LogP contribution is 2.12. The average Bonchev–Trinajstić information content (AvgIpc) is 2.14. The molecule has 0 amide bonds. The third kappa shape index (κ3) is 0.804. The molecule has 0 aliphatic heterocycles. The summed E-state index contributed by atoms with van der Waals surface area (Å²) in [6.45, 7) is 0. The normalized spacial score (nSPS) is 9.25. The van der Waals surface area contributed by atoms with Crippen molar-refractivity contribution in [1.29, 1.82) is 0 Å². The van der Waals surface area contributed by atoms with Gasteiger partial charge in [0.05, 0.1) is 13.2 Å². The summed E-state index contributed by atoms with van der Waals surface area (Å²) in [5.41, 5.74) is 0. The Kier molecular flexibility index (Phi) is 1.20. The van der Waals surface area contributed by atoms with E-state index in [1.54, 1.807) is 0 Å². The van der Waals surface area contributed by atoms with Crippen LogP contribution in [0.1, 0.15) is 0 Å². The monoisotopic (exact) mass is 116 g/mol. The van der Waals surface area contributed by atoms with Crippen LogP contribution in [0.4, 0.5) is 4.39 Å². The van der Waals surface area contributed by atoms with E-state index >= 15 is 0 Å². The molecule has 1 aromatic heterocycles. The molecule has 0 spiro atoms. The second-order valence-corrected chi connectivity index (χ2v) is 1.29. The van der Waals surface area contributed by atoms with Gasteiger partial charge in [0.25, 0.3) is 5.95 Å². The lowest BCUT2D eigenvalue weighted by atomic mass is 10.6. The van der Waals surface area contributed by atoms with Gasteiger partial charge in [0.15, 0.2) is 5.82 Å². The van der Waals surface area contributed by atoms with Crippen LogP contribution in [0.2, 0.25) is 0 Å². The second kappa shape index (κ2) is 1.86. The van der Waals surface area contributed by atoms with Gasteiger partial charge in [-0.05, 0) is 0 Å². The molecule has 0 aliphatic rings. The molecule has 1 heterocycles. The first kappa shape index (κ1) is 5.15. The van der Waals surface area contributed by atoms with Gasteiger partial charge in [-0.3, -0.25) is 0 Å². The minimum Gasteiger partial charge on any atom is -0.468 e. The summed E-state index contributed by atoms with van der Waals surface area (Å²) in [5.74, 6) is -0.218. The van der Waals surface area contributed by atoms with Crippen molar-refractivity contribution in [2.75, 3.05) is 7.11 Å². The Labute approximate surface area is 45.9 Å². The Hall–Kier alpha value is -0.990. The van der Waals surface area contributed by atoms with E-state index in [2.05, 4.69) is 9.15 Å². The fourth-order valence-electron chi connectivity index (χ4n) is 0.402. The van der Waals surface area contributed by atoms with Crippen molar-refractivity contribution in [3.8, 4) is 5.95 Å². The summed E-state index contributed by atoms with van der Waals surface area (Å²) in [7, 11) is 1.41. The number of hydrogen-bond acceptors (Lipinski definition) is 2. The van der Waals surface area contributed by atoms with Gasteiger partial charge in [-0.2, -0.15) is 0 Å². The fourth-order valence-corrected chi connectivity index (χ4v) is 0.402. The molecule has 0 aromatic carbocycles. The van der Waals surface area contributed by atoms with Crippen LogP contribution in [-0.4, -0.2) is 7.11 Å². The number of hydrogen-bond donors (Lipinski definition) is 0. The molecule has 1 aromatic rings. The molecule has 0 aliphatic carbocycles. The Morgan fingerprint density at radius 3 is 2.75 bits per heavy atom. The molecule has 0 unspecified atom stereocenters. The zero-order chi connectivity index (χ0) is 5.98. The zero-order valence-electron chi connectivity index (χ0n) is 4.35. The van der Waals surface area contributed by atoms with Gasteiger partial charge in [0.2, 0.25) is 0 Å². The first-order chi connectivity index (χ1) is 3.83. The summed E-state index contributed by atoms with van der Waals surface area (Å²) in [6.07, 6.45) is 0.985.